The van der Waals surface area contributed by atoms with Crippen LogP contribution in [0.25, 0.3) is 0 Å². The van der Waals surface area contributed by atoms with Gasteiger partial charge in [-0.1, -0.05) is 97.3 Å². The fourth-order valence-corrected chi connectivity index (χ4v) is 2.73. The van der Waals surface area contributed by atoms with Crippen LogP contribution in [0.2, 0.25) is 0 Å². The van der Waals surface area contributed by atoms with Crippen LogP contribution in [0.3, 0.4) is 0 Å². The van der Waals surface area contributed by atoms with Gasteiger partial charge >= 0.3 is 5.97 Å². The number of carboxylic acids is 1. The zero-order valence-corrected chi connectivity index (χ0v) is 13.8. The number of hydrogen-bond acceptors (Lipinski definition) is 1. The molecule has 0 saturated heterocycles. The van der Waals surface area contributed by atoms with Crippen LogP contribution in [0.5, 0.6) is 0 Å². The molecule has 1 unspecified atom stereocenters. The van der Waals surface area contributed by atoms with Crippen molar-refractivity contribution < 1.29 is 9.90 Å². The Hall–Kier alpha value is -0.530. The van der Waals surface area contributed by atoms with Crippen molar-refractivity contribution in [3.8, 4) is 0 Å². The maximum absolute atomic E-state index is 10.5. The number of carbonyl (C=O) groups is 1. The van der Waals surface area contributed by atoms with Crippen molar-refractivity contribution in [3.05, 3.63) is 0 Å². The fourth-order valence-electron chi connectivity index (χ4n) is 2.73. The van der Waals surface area contributed by atoms with Gasteiger partial charge in [0, 0.05) is 6.42 Å². The molecule has 0 aliphatic carbocycles. The van der Waals surface area contributed by atoms with E-state index >= 15 is 0 Å². The maximum Gasteiger partial charge on any atom is 0.303 e. The Bertz CT molecular complexity index is 213. The van der Waals surface area contributed by atoms with E-state index in [4.69, 9.17) is 5.11 Å². The van der Waals surface area contributed by atoms with Crippen molar-refractivity contribution in [2.75, 3.05) is 0 Å². The van der Waals surface area contributed by atoms with Crippen molar-refractivity contribution >= 4 is 5.97 Å². The van der Waals surface area contributed by atoms with Gasteiger partial charge in [-0.15, -0.1) is 0 Å². The molecule has 2 nitrogen and oxygen atoms in total. The Morgan fingerprint density at radius 3 is 1.60 bits per heavy atom. The molecule has 2 heteroatoms. The summed E-state index contributed by atoms with van der Waals surface area (Å²) in [5.74, 6) is -0.313. The zero-order valence-electron chi connectivity index (χ0n) is 13.8. The standard InChI is InChI=1S/C18H36O2/c1-3-4-5-6-7-8-9-10-11-12-13-14-15-17(2)16-18(19)20/h17H,3-16H2,1-2H3,(H,19,20)/i18-1. The summed E-state index contributed by atoms with van der Waals surface area (Å²) in [7, 11) is 0. The van der Waals surface area contributed by atoms with Gasteiger partial charge < -0.3 is 5.11 Å². The highest BCUT2D eigenvalue weighted by Gasteiger charge is 2.06. The molecule has 1 atom stereocenters. The minimum absolute atomic E-state index is 0.331. The second-order valence-corrected chi connectivity index (χ2v) is 6.38. The molecule has 0 amide bonds. The molecule has 20 heavy (non-hydrogen) atoms. The van der Waals surface area contributed by atoms with Crippen LogP contribution < -0.4 is 0 Å². The molecule has 0 saturated carbocycles. The topological polar surface area (TPSA) is 37.3 Å². The molecule has 120 valence electrons. The Balaban J connectivity index is 3.08. The average molecular weight is 283 g/mol. The molecular weight excluding hydrogens is 247 g/mol. The van der Waals surface area contributed by atoms with Crippen molar-refractivity contribution in [1.82, 2.24) is 0 Å². The quantitative estimate of drug-likeness (QED) is 0.364. The Kier molecular flexibility index (Phi) is 14.5. The zero-order chi connectivity index (χ0) is 15.1. The summed E-state index contributed by atoms with van der Waals surface area (Å²) in [5.41, 5.74) is 0. The van der Waals surface area contributed by atoms with Crippen LogP contribution in [-0.4, -0.2) is 11.1 Å². The lowest BCUT2D eigenvalue weighted by Gasteiger charge is -2.07. The highest BCUT2D eigenvalue weighted by Crippen LogP contribution is 2.15. The minimum Gasteiger partial charge on any atom is -0.481 e. The van der Waals surface area contributed by atoms with E-state index in [1.54, 1.807) is 0 Å². The van der Waals surface area contributed by atoms with Gasteiger partial charge in [-0.25, -0.2) is 0 Å². The normalized spacial score (nSPS) is 12.5. The van der Waals surface area contributed by atoms with Crippen LogP contribution in [0.4, 0.5) is 0 Å². The van der Waals surface area contributed by atoms with Crippen molar-refractivity contribution in [3.63, 3.8) is 0 Å². The first kappa shape index (κ1) is 19.5. The van der Waals surface area contributed by atoms with E-state index in [1.165, 1.54) is 77.0 Å². The first-order valence-corrected chi connectivity index (χ1v) is 8.88. The van der Waals surface area contributed by atoms with Crippen molar-refractivity contribution in [1.29, 1.82) is 0 Å². The number of unbranched alkanes of at least 4 members (excludes halogenated alkanes) is 11. The summed E-state index contributed by atoms with van der Waals surface area (Å²) < 4.78 is 0. The SMILES string of the molecule is CCCCCCCCCCCCCCC(C)C[11C](=O)O. The third-order valence-corrected chi connectivity index (χ3v) is 4.07. The molecule has 0 aliphatic heterocycles. The van der Waals surface area contributed by atoms with E-state index in [2.05, 4.69) is 6.92 Å². The second-order valence-electron chi connectivity index (χ2n) is 6.38. The molecule has 0 aromatic heterocycles. The van der Waals surface area contributed by atoms with Gasteiger partial charge in [0.1, 0.15) is 0 Å². The Labute approximate surface area is 126 Å². The van der Waals surface area contributed by atoms with Crippen molar-refractivity contribution in [2.24, 2.45) is 5.92 Å². The molecule has 1 N–H and O–H groups in total. The summed E-state index contributed by atoms with van der Waals surface area (Å²) >= 11 is 0. The lowest BCUT2D eigenvalue weighted by molar-refractivity contribution is -0.138. The predicted molar refractivity (Wildman–Crippen MR) is 87.1 cm³/mol. The van der Waals surface area contributed by atoms with Gasteiger partial charge in [-0.3, -0.25) is 4.79 Å². The van der Waals surface area contributed by atoms with Gasteiger partial charge in [0.25, 0.3) is 0 Å². The van der Waals surface area contributed by atoms with E-state index in [-0.39, 0.29) is 0 Å². The molecule has 0 aromatic carbocycles. The molecule has 0 heterocycles. The van der Waals surface area contributed by atoms with Gasteiger partial charge in [-0.2, -0.15) is 0 Å². The predicted octanol–water partition coefficient (Wildman–Crippen LogP) is 6.19. The lowest BCUT2D eigenvalue weighted by atomic mass is 9.87. The maximum atomic E-state index is 10.5. The molecular formula is C18H36O2. The molecule has 0 aliphatic rings. The smallest absolute Gasteiger partial charge is 0.303 e. The van der Waals surface area contributed by atoms with Crippen LogP contribution in [0.15, 0.2) is 0 Å². The molecule has 0 fully saturated rings. The van der Waals surface area contributed by atoms with E-state index in [1.807, 2.05) is 6.92 Å². The van der Waals surface area contributed by atoms with Crippen LogP contribution in [-0.2, 0) is 4.79 Å². The minimum atomic E-state index is -0.656. The van der Waals surface area contributed by atoms with E-state index in [0.717, 1.165) is 6.42 Å². The third kappa shape index (κ3) is 15.5. The summed E-state index contributed by atoms with van der Waals surface area (Å²) in [4.78, 5) is 10.5. The van der Waals surface area contributed by atoms with Gasteiger partial charge in [0.05, 0.1) is 0 Å². The number of rotatable bonds is 15. The molecule has 0 rings (SSSR count). The van der Waals surface area contributed by atoms with E-state index in [0.29, 0.717) is 12.3 Å². The second kappa shape index (κ2) is 14.9. The number of aliphatic carboxylic acids is 1. The first-order valence-electron chi connectivity index (χ1n) is 8.88. The van der Waals surface area contributed by atoms with Gasteiger partial charge in [0.15, 0.2) is 0 Å². The van der Waals surface area contributed by atoms with E-state index < -0.39 is 5.97 Å². The highest BCUT2D eigenvalue weighted by atomic mass is 16.3. The van der Waals surface area contributed by atoms with Crippen molar-refractivity contribution in [2.45, 2.75) is 104 Å². The van der Waals surface area contributed by atoms with E-state index in [9.17, 15) is 4.79 Å². The summed E-state index contributed by atoms with van der Waals surface area (Å²) in [5, 5.41) is 8.68. The molecule has 0 bridgehead atoms. The van der Waals surface area contributed by atoms with Gasteiger partial charge in [-0.05, 0) is 5.92 Å². The van der Waals surface area contributed by atoms with Crippen LogP contribution in [0.1, 0.15) is 104 Å². The van der Waals surface area contributed by atoms with Crippen LogP contribution in [0, 0.1) is 5.92 Å². The Morgan fingerprint density at radius 1 is 0.800 bits per heavy atom. The summed E-state index contributed by atoms with van der Waals surface area (Å²) in [6, 6.07) is 0. The number of hydrogen-bond donors (Lipinski definition) is 1. The first-order chi connectivity index (χ1) is 9.66. The lowest BCUT2D eigenvalue weighted by Crippen LogP contribution is -2.03. The average Bonchev–Trinajstić information content (AvgIpc) is 2.39. The number of carboxylic acid groups (broad SMARTS) is 1. The third-order valence-electron chi connectivity index (χ3n) is 4.07. The largest absolute Gasteiger partial charge is 0.481 e. The fraction of sp³-hybridized carbons (Fsp3) is 0.944. The summed E-state index contributed by atoms with van der Waals surface area (Å²) in [6.45, 7) is 4.31. The Morgan fingerprint density at radius 2 is 1.20 bits per heavy atom. The van der Waals surface area contributed by atoms with Gasteiger partial charge in [0.2, 0.25) is 0 Å². The molecule has 0 radical (unpaired) electrons. The van der Waals surface area contributed by atoms with Crippen LogP contribution >= 0.6 is 0 Å². The molecule has 0 spiro atoms. The summed E-state index contributed by atoms with van der Waals surface area (Å²) in [6.07, 6.45) is 17.8. The monoisotopic (exact) mass is 283 g/mol. The molecule has 0 aromatic rings. The highest BCUT2D eigenvalue weighted by molar-refractivity contribution is 5.66.